The van der Waals surface area contributed by atoms with Gasteiger partial charge in [-0.3, -0.25) is 4.90 Å². The fraction of sp³-hybridized carbons (Fsp3) is 0.500. The molecule has 98 valence electrons. The molecule has 0 aliphatic carbocycles. The summed E-state index contributed by atoms with van der Waals surface area (Å²) in [6, 6.07) is 7.62. The van der Waals surface area contributed by atoms with Gasteiger partial charge in [-0.1, -0.05) is 28.9 Å². The summed E-state index contributed by atoms with van der Waals surface area (Å²) in [6.45, 7) is 5.97. The Morgan fingerprint density at radius 3 is 2.61 bits per heavy atom. The number of halogens is 1. The molecule has 1 aromatic rings. The third kappa shape index (κ3) is 4.00. The van der Waals surface area contributed by atoms with Crippen molar-refractivity contribution in [3.8, 4) is 0 Å². The lowest BCUT2D eigenvalue weighted by Gasteiger charge is -2.12. The van der Waals surface area contributed by atoms with Crippen molar-refractivity contribution in [2.75, 3.05) is 26.2 Å². The van der Waals surface area contributed by atoms with E-state index < -0.39 is 0 Å². The van der Waals surface area contributed by atoms with E-state index in [9.17, 15) is 0 Å². The highest BCUT2D eigenvalue weighted by molar-refractivity contribution is 6.30. The smallest absolute Gasteiger partial charge is 0.129 e. The minimum absolute atomic E-state index is 0.658. The third-order valence-corrected chi connectivity index (χ3v) is 3.41. The molecule has 1 fully saturated rings. The molecule has 0 radical (unpaired) electrons. The van der Waals surface area contributed by atoms with Crippen LogP contribution in [0.2, 0.25) is 5.02 Å². The highest BCUT2D eigenvalue weighted by Gasteiger charge is 2.10. The second-order valence-corrected chi connectivity index (χ2v) is 5.00. The number of benzene rings is 1. The molecule has 1 aliphatic heterocycles. The third-order valence-electron chi connectivity index (χ3n) is 3.16. The molecule has 0 N–H and O–H groups in total. The van der Waals surface area contributed by atoms with Gasteiger partial charge in [-0.15, -0.1) is 0 Å². The van der Waals surface area contributed by atoms with Crippen molar-refractivity contribution in [2.45, 2.75) is 19.8 Å². The summed E-state index contributed by atoms with van der Waals surface area (Å²) in [5, 5.41) is 4.87. The molecule has 2 rings (SSSR count). The maximum atomic E-state index is 5.84. The number of rotatable bonds is 5. The van der Waals surface area contributed by atoms with Crippen LogP contribution in [0, 0.1) is 0 Å². The van der Waals surface area contributed by atoms with Gasteiger partial charge >= 0.3 is 0 Å². The first-order chi connectivity index (χ1) is 8.75. The fourth-order valence-electron chi connectivity index (χ4n) is 2.06. The molecule has 1 saturated heterocycles. The summed E-state index contributed by atoms with van der Waals surface area (Å²) in [5.41, 5.74) is 1.92. The van der Waals surface area contributed by atoms with Gasteiger partial charge in [-0.2, -0.15) is 0 Å². The van der Waals surface area contributed by atoms with Gasteiger partial charge < -0.3 is 4.84 Å². The lowest BCUT2D eigenvalue weighted by molar-refractivity contribution is 0.119. The summed E-state index contributed by atoms with van der Waals surface area (Å²) >= 11 is 5.84. The SMILES string of the molecule is C/C(=N/OCCN1CCCC1)c1ccc(Cl)cc1. The van der Waals surface area contributed by atoms with E-state index in [2.05, 4.69) is 10.1 Å². The molecule has 1 aliphatic rings. The molecule has 1 heterocycles. The lowest BCUT2D eigenvalue weighted by atomic mass is 10.1. The molecular weight excluding hydrogens is 248 g/mol. The van der Waals surface area contributed by atoms with Gasteiger partial charge in [-0.05, 0) is 50.6 Å². The molecular formula is C14H19ClN2O. The summed E-state index contributed by atoms with van der Waals surface area (Å²) in [7, 11) is 0. The predicted octanol–water partition coefficient (Wildman–Crippen LogP) is 3.18. The molecule has 0 bridgehead atoms. The van der Waals surface area contributed by atoms with E-state index in [4.69, 9.17) is 16.4 Å². The Balaban J connectivity index is 1.76. The van der Waals surface area contributed by atoms with Crippen LogP contribution < -0.4 is 0 Å². The van der Waals surface area contributed by atoms with E-state index in [0.29, 0.717) is 6.61 Å². The van der Waals surface area contributed by atoms with Crippen molar-refractivity contribution in [1.82, 2.24) is 4.90 Å². The Morgan fingerprint density at radius 1 is 1.28 bits per heavy atom. The molecule has 0 aromatic heterocycles. The number of nitrogens with zero attached hydrogens (tertiary/aromatic N) is 2. The maximum absolute atomic E-state index is 5.84. The van der Waals surface area contributed by atoms with Crippen LogP contribution in [0.1, 0.15) is 25.3 Å². The second kappa shape index (κ2) is 6.76. The minimum atomic E-state index is 0.658. The van der Waals surface area contributed by atoms with Crippen LogP contribution in [-0.2, 0) is 4.84 Å². The van der Waals surface area contributed by atoms with Gasteiger partial charge in [0, 0.05) is 11.6 Å². The molecule has 3 nitrogen and oxygen atoms in total. The van der Waals surface area contributed by atoms with Gasteiger partial charge in [-0.25, -0.2) is 0 Å². The second-order valence-electron chi connectivity index (χ2n) is 4.57. The number of hydrogen-bond donors (Lipinski definition) is 0. The first-order valence-corrected chi connectivity index (χ1v) is 6.78. The van der Waals surface area contributed by atoms with Crippen LogP contribution in [0.5, 0.6) is 0 Å². The summed E-state index contributed by atoms with van der Waals surface area (Å²) in [4.78, 5) is 7.77. The van der Waals surface area contributed by atoms with Crippen molar-refractivity contribution >= 4 is 17.3 Å². The molecule has 0 amide bonds. The normalized spacial score (nSPS) is 17.1. The van der Waals surface area contributed by atoms with Gasteiger partial charge in [0.15, 0.2) is 0 Å². The van der Waals surface area contributed by atoms with Crippen molar-refractivity contribution in [1.29, 1.82) is 0 Å². The Hall–Kier alpha value is -1.06. The average molecular weight is 267 g/mol. The summed E-state index contributed by atoms with van der Waals surface area (Å²) in [6.07, 6.45) is 2.63. The van der Waals surface area contributed by atoms with Gasteiger partial charge in [0.2, 0.25) is 0 Å². The molecule has 18 heavy (non-hydrogen) atoms. The highest BCUT2D eigenvalue weighted by atomic mass is 35.5. The van der Waals surface area contributed by atoms with E-state index in [-0.39, 0.29) is 0 Å². The number of hydrogen-bond acceptors (Lipinski definition) is 3. The van der Waals surface area contributed by atoms with Crippen molar-refractivity contribution < 1.29 is 4.84 Å². The van der Waals surface area contributed by atoms with Crippen LogP contribution in [0.25, 0.3) is 0 Å². The Kier molecular flexibility index (Phi) is 5.02. The van der Waals surface area contributed by atoms with E-state index in [1.807, 2.05) is 31.2 Å². The van der Waals surface area contributed by atoms with E-state index in [0.717, 1.165) is 22.8 Å². The summed E-state index contributed by atoms with van der Waals surface area (Å²) in [5.74, 6) is 0. The fourth-order valence-corrected chi connectivity index (χ4v) is 2.19. The van der Waals surface area contributed by atoms with E-state index in [1.165, 1.54) is 25.9 Å². The van der Waals surface area contributed by atoms with E-state index in [1.54, 1.807) is 0 Å². The zero-order valence-electron chi connectivity index (χ0n) is 10.7. The maximum Gasteiger partial charge on any atom is 0.129 e. The number of oxime groups is 1. The van der Waals surface area contributed by atoms with E-state index >= 15 is 0 Å². The molecule has 0 atom stereocenters. The quantitative estimate of drug-likeness (QED) is 0.465. The standard InChI is InChI=1S/C14H19ClN2O/c1-12(13-4-6-14(15)7-5-13)16-18-11-10-17-8-2-3-9-17/h4-7H,2-3,8-11H2,1H3/b16-12-. The first-order valence-electron chi connectivity index (χ1n) is 6.40. The largest absolute Gasteiger partial charge is 0.394 e. The lowest BCUT2D eigenvalue weighted by Crippen LogP contribution is -2.23. The monoisotopic (exact) mass is 266 g/mol. The first kappa shape index (κ1) is 13.4. The van der Waals surface area contributed by atoms with Crippen LogP contribution in [0.15, 0.2) is 29.4 Å². The zero-order valence-corrected chi connectivity index (χ0v) is 11.5. The molecule has 0 unspecified atom stereocenters. The molecule has 0 spiro atoms. The predicted molar refractivity (Wildman–Crippen MR) is 75.3 cm³/mol. The van der Waals surface area contributed by atoms with Crippen LogP contribution in [0.3, 0.4) is 0 Å². The minimum Gasteiger partial charge on any atom is -0.394 e. The Bertz CT molecular complexity index is 397. The molecule has 0 saturated carbocycles. The van der Waals surface area contributed by atoms with Crippen molar-refractivity contribution in [3.63, 3.8) is 0 Å². The van der Waals surface area contributed by atoms with Crippen molar-refractivity contribution in [2.24, 2.45) is 5.16 Å². The zero-order chi connectivity index (χ0) is 12.8. The Labute approximate surface area is 113 Å². The summed E-state index contributed by atoms with van der Waals surface area (Å²) < 4.78 is 0. The Morgan fingerprint density at radius 2 is 1.94 bits per heavy atom. The van der Waals surface area contributed by atoms with Gasteiger partial charge in [0.05, 0.1) is 5.71 Å². The molecule has 4 heteroatoms. The average Bonchev–Trinajstić information content (AvgIpc) is 2.88. The van der Waals surface area contributed by atoms with Crippen LogP contribution >= 0.6 is 11.6 Å². The molecule has 1 aromatic carbocycles. The highest BCUT2D eigenvalue weighted by Crippen LogP contribution is 2.10. The van der Waals surface area contributed by atoms with Crippen LogP contribution in [-0.4, -0.2) is 36.9 Å². The van der Waals surface area contributed by atoms with Gasteiger partial charge in [0.25, 0.3) is 0 Å². The number of likely N-dealkylation sites (tertiary alicyclic amines) is 1. The van der Waals surface area contributed by atoms with Crippen LogP contribution in [0.4, 0.5) is 0 Å². The van der Waals surface area contributed by atoms with Gasteiger partial charge in [0.1, 0.15) is 6.61 Å². The topological polar surface area (TPSA) is 24.8 Å². The van der Waals surface area contributed by atoms with Crippen molar-refractivity contribution in [3.05, 3.63) is 34.9 Å².